The number of carbonyl (C=O) groups excluding carboxylic acids is 1. The predicted octanol–water partition coefficient (Wildman–Crippen LogP) is 4.15. The highest BCUT2D eigenvalue weighted by molar-refractivity contribution is 5.62. The number of hydrogen-bond donors (Lipinski definition) is 0. The van der Waals surface area contributed by atoms with E-state index in [1.165, 1.54) is 0 Å². The van der Waals surface area contributed by atoms with Crippen molar-refractivity contribution in [2.24, 2.45) is 0 Å². The summed E-state index contributed by atoms with van der Waals surface area (Å²) in [4.78, 5) is 10.8. The second kappa shape index (κ2) is 6.70. The van der Waals surface area contributed by atoms with Crippen LogP contribution in [0.3, 0.4) is 0 Å². The highest BCUT2D eigenvalue weighted by atomic mass is 16.8. The van der Waals surface area contributed by atoms with E-state index in [1.807, 2.05) is 55.4 Å². The van der Waals surface area contributed by atoms with Crippen LogP contribution in [0.5, 0.6) is 0 Å². The van der Waals surface area contributed by atoms with Gasteiger partial charge in [-0.3, -0.25) is 0 Å². The van der Waals surface area contributed by atoms with Crippen LogP contribution in [0.4, 0.5) is 4.79 Å². The molecule has 1 heterocycles. The van der Waals surface area contributed by atoms with Crippen LogP contribution in [0.2, 0.25) is 0 Å². The summed E-state index contributed by atoms with van der Waals surface area (Å²) in [6, 6.07) is 0. The Bertz CT molecular complexity index is 165. The van der Waals surface area contributed by atoms with Gasteiger partial charge in [-0.15, -0.1) is 0 Å². The first-order valence-electron chi connectivity index (χ1n) is 5.73. The molecule has 1 rings (SSSR count). The van der Waals surface area contributed by atoms with Gasteiger partial charge in [0.05, 0.1) is 0 Å². The number of carbonyl (C=O) groups is 1. The molecule has 0 atom stereocenters. The molecule has 0 bridgehead atoms. The van der Waals surface area contributed by atoms with Crippen LogP contribution in [0.15, 0.2) is 0 Å². The van der Waals surface area contributed by atoms with Gasteiger partial charge in [0.25, 0.3) is 0 Å². The molecule has 1 aliphatic heterocycles. The van der Waals surface area contributed by atoms with E-state index in [9.17, 15) is 4.79 Å². The standard InChI is InChI=1S/C8H14O3.2C2H6/c1-7(2)5-8(3,4)11-6(9)10-7;2*1-2/h5H2,1-4H3;2*1-2H3. The lowest BCUT2D eigenvalue weighted by molar-refractivity contribution is -0.132. The van der Waals surface area contributed by atoms with Gasteiger partial charge in [-0.2, -0.15) is 0 Å². The van der Waals surface area contributed by atoms with Crippen molar-refractivity contribution in [2.75, 3.05) is 0 Å². The zero-order valence-electron chi connectivity index (χ0n) is 11.4. The number of cyclic esters (lactones) is 2. The lowest BCUT2D eigenvalue weighted by Gasteiger charge is -2.39. The Morgan fingerprint density at radius 1 is 0.867 bits per heavy atom. The molecule has 3 heteroatoms. The van der Waals surface area contributed by atoms with E-state index in [-0.39, 0.29) is 0 Å². The minimum absolute atomic E-state index is 0.390. The summed E-state index contributed by atoms with van der Waals surface area (Å²) in [6.07, 6.45) is 0.164. The average Bonchev–Trinajstić information content (AvgIpc) is 2.04. The molecule has 0 amide bonds. The average molecular weight is 218 g/mol. The van der Waals surface area contributed by atoms with Crippen LogP contribution in [0.25, 0.3) is 0 Å². The van der Waals surface area contributed by atoms with Gasteiger partial charge >= 0.3 is 6.16 Å². The van der Waals surface area contributed by atoms with Crippen LogP contribution >= 0.6 is 0 Å². The molecule has 3 nitrogen and oxygen atoms in total. The largest absolute Gasteiger partial charge is 0.509 e. The molecule has 0 aromatic heterocycles. The normalized spacial score (nSPS) is 20.7. The zero-order valence-corrected chi connectivity index (χ0v) is 11.4. The molecule has 0 spiro atoms. The number of ether oxygens (including phenoxy) is 2. The van der Waals surface area contributed by atoms with E-state index in [0.717, 1.165) is 6.42 Å². The molecule has 1 saturated heterocycles. The topological polar surface area (TPSA) is 35.5 Å². The van der Waals surface area contributed by atoms with Gasteiger partial charge in [0, 0.05) is 6.42 Å². The summed E-state index contributed by atoms with van der Waals surface area (Å²) in [6.45, 7) is 15.5. The minimum atomic E-state index is -0.564. The third-order valence-corrected chi connectivity index (χ3v) is 1.57. The highest BCUT2D eigenvalue weighted by Gasteiger charge is 2.40. The third-order valence-electron chi connectivity index (χ3n) is 1.57. The van der Waals surface area contributed by atoms with E-state index >= 15 is 0 Å². The fourth-order valence-electron chi connectivity index (χ4n) is 1.57. The van der Waals surface area contributed by atoms with Gasteiger partial charge in [-0.25, -0.2) is 4.79 Å². The van der Waals surface area contributed by atoms with Crippen molar-refractivity contribution in [3.63, 3.8) is 0 Å². The van der Waals surface area contributed by atoms with Crippen molar-refractivity contribution in [2.45, 2.75) is 73.0 Å². The monoisotopic (exact) mass is 218 g/mol. The van der Waals surface area contributed by atoms with E-state index in [0.29, 0.717) is 0 Å². The molecule has 0 aromatic rings. The second-order valence-corrected chi connectivity index (χ2v) is 4.15. The van der Waals surface area contributed by atoms with Crippen LogP contribution in [-0.2, 0) is 9.47 Å². The predicted molar refractivity (Wildman–Crippen MR) is 63.0 cm³/mol. The molecule has 0 radical (unpaired) electrons. The number of rotatable bonds is 0. The van der Waals surface area contributed by atoms with Crippen molar-refractivity contribution in [3.8, 4) is 0 Å². The van der Waals surface area contributed by atoms with Crippen LogP contribution in [0.1, 0.15) is 61.8 Å². The van der Waals surface area contributed by atoms with Crippen molar-refractivity contribution in [1.29, 1.82) is 0 Å². The Morgan fingerprint density at radius 2 is 1.13 bits per heavy atom. The summed E-state index contributed by atoms with van der Waals surface area (Å²) in [5.41, 5.74) is -0.780. The molecule has 1 aliphatic rings. The van der Waals surface area contributed by atoms with Crippen molar-refractivity contribution in [1.82, 2.24) is 0 Å². The highest BCUT2D eigenvalue weighted by Crippen LogP contribution is 2.31. The maximum atomic E-state index is 10.8. The quantitative estimate of drug-likeness (QED) is 0.573. The molecule has 0 unspecified atom stereocenters. The Hall–Kier alpha value is -0.730. The van der Waals surface area contributed by atoms with Gasteiger partial charge in [0.1, 0.15) is 11.2 Å². The maximum absolute atomic E-state index is 10.8. The van der Waals surface area contributed by atoms with Crippen LogP contribution in [-0.4, -0.2) is 17.4 Å². The molecule has 15 heavy (non-hydrogen) atoms. The fraction of sp³-hybridized carbons (Fsp3) is 0.917. The SMILES string of the molecule is CC.CC.CC1(C)CC(C)(C)OC(=O)O1. The maximum Gasteiger partial charge on any atom is 0.509 e. The summed E-state index contributed by atoms with van der Waals surface area (Å²) in [7, 11) is 0. The molecule has 0 saturated carbocycles. The van der Waals surface area contributed by atoms with Gasteiger partial charge < -0.3 is 9.47 Å². The Kier molecular flexibility index (Phi) is 7.45. The Balaban J connectivity index is 0. The molecule has 1 fully saturated rings. The molecular formula is C12H26O3. The van der Waals surface area contributed by atoms with Crippen LogP contribution in [0, 0.1) is 0 Å². The van der Waals surface area contributed by atoms with Crippen molar-refractivity contribution in [3.05, 3.63) is 0 Å². The minimum Gasteiger partial charge on any atom is -0.428 e. The lowest BCUT2D eigenvalue weighted by Crippen LogP contribution is -2.46. The molecular weight excluding hydrogens is 192 g/mol. The van der Waals surface area contributed by atoms with Gasteiger partial charge in [-0.05, 0) is 27.7 Å². The first-order chi connectivity index (χ1) is 6.81. The molecule has 0 aliphatic carbocycles. The van der Waals surface area contributed by atoms with Crippen LogP contribution < -0.4 is 0 Å². The summed E-state index contributed by atoms with van der Waals surface area (Å²) < 4.78 is 9.90. The van der Waals surface area contributed by atoms with Gasteiger partial charge in [-0.1, -0.05) is 27.7 Å². The van der Waals surface area contributed by atoms with E-state index < -0.39 is 17.4 Å². The van der Waals surface area contributed by atoms with Gasteiger partial charge in [0.15, 0.2) is 0 Å². The molecule has 0 aromatic carbocycles. The number of hydrogen-bond acceptors (Lipinski definition) is 3. The first kappa shape index (κ1) is 16.7. The Labute approximate surface area is 94.1 Å². The second-order valence-electron chi connectivity index (χ2n) is 4.15. The lowest BCUT2D eigenvalue weighted by atomic mass is 9.91. The van der Waals surface area contributed by atoms with E-state index in [1.54, 1.807) is 0 Å². The van der Waals surface area contributed by atoms with Crippen molar-refractivity contribution < 1.29 is 14.3 Å². The molecule has 0 N–H and O–H groups in total. The third kappa shape index (κ3) is 7.23. The van der Waals surface area contributed by atoms with E-state index in [4.69, 9.17) is 9.47 Å². The smallest absolute Gasteiger partial charge is 0.428 e. The Morgan fingerprint density at radius 3 is 1.33 bits per heavy atom. The summed E-state index contributed by atoms with van der Waals surface area (Å²) in [5.74, 6) is 0. The first-order valence-corrected chi connectivity index (χ1v) is 5.73. The fourth-order valence-corrected chi connectivity index (χ4v) is 1.57. The molecule has 92 valence electrons. The van der Waals surface area contributed by atoms with Gasteiger partial charge in [0.2, 0.25) is 0 Å². The van der Waals surface area contributed by atoms with Crippen molar-refractivity contribution >= 4 is 6.16 Å². The summed E-state index contributed by atoms with van der Waals surface area (Å²) in [5, 5.41) is 0. The van der Waals surface area contributed by atoms with E-state index in [2.05, 4.69) is 0 Å². The zero-order chi connectivity index (χ0) is 12.7. The summed E-state index contributed by atoms with van der Waals surface area (Å²) >= 11 is 0.